The summed E-state index contributed by atoms with van der Waals surface area (Å²) >= 11 is 1.88. The molecule has 0 atom stereocenters. The molecule has 236 valence electrons. The van der Waals surface area contributed by atoms with E-state index in [-0.39, 0.29) is 0 Å². The molecule has 0 aliphatic carbocycles. The molecule has 0 spiro atoms. The van der Waals surface area contributed by atoms with Crippen molar-refractivity contribution in [3.8, 4) is 17.2 Å². The van der Waals surface area contributed by atoms with Gasteiger partial charge in [0.1, 0.15) is 11.2 Å². The van der Waals surface area contributed by atoms with Crippen LogP contribution in [0.3, 0.4) is 0 Å². The molecule has 4 nitrogen and oxygen atoms in total. The highest BCUT2D eigenvalue weighted by Gasteiger charge is 2.24. The molecule has 12 rings (SSSR count). The van der Waals surface area contributed by atoms with E-state index in [0.29, 0.717) is 5.95 Å². The predicted octanol–water partition coefficient (Wildman–Crippen LogP) is 13.0. The fourth-order valence-electron chi connectivity index (χ4n) is 8.37. The molecule has 0 aliphatic rings. The smallest absolute Gasteiger partial charge is 0.235 e. The number of rotatable bonds is 2. The van der Waals surface area contributed by atoms with E-state index in [1.54, 1.807) is 0 Å². The lowest BCUT2D eigenvalue weighted by Crippen LogP contribution is -2.04. The second-order valence-corrected chi connectivity index (χ2v) is 14.3. The number of thiophene rings is 1. The summed E-state index contributed by atoms with van der Waals surface area (Å²) in [6.07, 6.45) is 0. The van der Waals surface area contributed by atoms with Crippen LogP contribution in [0.2, 0.25) is 0 Å². The number of para-hydroxylation sites is 2. The summed E-state index contributed by atoms with van der Waals surface area (Å²) in [5, 5.41) is 12.9. The zero-order valence-corrected chi connectivity index (χ0v) is 27.9. The molecule has 0 bridgehead atoms. The van der Waals surface area contributed by atoms with Crippen molar-refractivity contribution in [2.75, 3.05) is 0 Å². The van der Waals surface area contributed by atoms with Gasteiger partial charge in [-0.1, -0.05) is 109 Å². The van der Waals surface area contributed by atoms with Crippen LogP contribution in [0, 0.1) is 0 Å². The van der Waals surface area contributed by atoms with E-state index >= 15 is 0 Å². The van der Waals surface area contributed by atoms with Gasteiger partial charge < -0.3 is 4.42 Å². The van der Waals surface area contributed by atoms with E-state index in [0.717, 1.165) is 65.9 Å². The van der Waals surface area contributed by atoms with Gasteiger partial charge in [-0.05, 0) is 47.9 Å². The number of benzene rings is 8. The number of hydrogen-bond acceptors (Lipinski definition) is 4. The second kappa shape index (κ2) is 10.0. The van der Waals surface area contributed by atoms with Gasteiger partial charge in [-0.25, -0.2) is 9.97 Å². The fourth-order valence-corrected chi connectivity index (χ4v) is 9.62. The Kier molecular flexibility index (Phi) is 5.35. The van der Waals surface area contributed by atoms with Crippen LogP contribution in [-0.2, 0) is 0 Å². The Bertz CT molecular complexity index is 3440. The summed E-state index contributed by atoms with van der Waals surface area (Å²) in [4.78, 5) is 11.1. The summed E-state index contributed by atoms with van der Waals surface area (Å²) in [5.41, 5.74) is 6.81. The second-order valence-electron chi connectivity index (χ2n) is 13.3. The zero-order chi connectivity index (χ0) is 33.2. The fraction of sp³-hybridized carbons (Fsp3) is 0. The molecule has 12 aromatic rings. The van der Waals surface area contributed by atoms with Gasteiger partial charge in [-0.2, -0.15) is 0 Å². The molecule has 0 saturated carbocycles. The third-order valence-corrected chi connectivity index (χ3v) is 11.8. The van der Waals surface area contributed by atoms with E-state index in [1.165, 1.54) is 41.7 Å². The van der Waals surface area contributed by atoms with Crippen LogP contribution in [-0.4, -0.2) is 14.5 Å². The Morgan fingerprint density at radius 2 is 1.20 bits per heavy atom. The molecule has 0 fully saturated rings. The molecule has 0 N–H and O–H groups in total. The lowest BCUT2D eigenvalue weighted by atomic mass is 10.00. The Morgan fingerprint density at radius 1 is 0.490 bits per heavy atom. The maximum atomic E-state index is 6.23. The van der Waals surface area contributed by atoms with Crippen molar-refractivity contribution in [1.82, 2.24) is 14.5 Å². The van der Waals surface area contributed by atoms with Gasteiger partial charge in [-0.3, -0.25) is 4.57 Å². The average molecular weight is 668 g/mol. The van der Waals surface area contributed by atoms with Crippen LogP contribution in [0.4, 0.5) is 0 Å². The quantitative estimate of drug-likeness (QED) is 0.172. The maximum absolute atomic E-state index is 6.23. The van der Waals surface area contributed by atoms with Gasteiger partial charge in [0, 0.05) is 68.8 Å². The van der Waals surface area contributed by atoms with Crippen LogP contribution < -0.4 is 0 Å². The van der Waals surface area contributed by atoms with Crippen molar-refractivity contribution in [2.45, 2.75) is 0 Å². The number of aromatic nitrogens is 3. The number of nitrogens with zero attached hydrogens (tertiary/aromatic N) is 3. The number of fused-ring (bicyclic) bond motifs is 16. The van der Waals surface area contributed by atoms with Crippen molar-refractivity contribution in [3.63, 3.8) is 0 Å². The SMILES string of the molecule is c1ccc2c(c1)ccc1c(-c3ccc4oc5ccccc5c4c3)nc(-n3c4ccccc4c4c5c6ccccc6sc5c5ccccc5c43)nc12. The Hall–Kier alpha value is -6.56. The van der Waals surface area contributed by atoms with Crippen LogP contribution in [0.25, 0.3) is 114 Å². The van der Waals surface area contributed by atoms with Crippen molar-refractivity contribution in [2.24, 2.45) is 0 Å². The van der Waals surface area contributed by atoms with Gasteiger partial charge in [0.15, 0.2) is 0 Å². The van der Waals surface area contributed by atoms with Crippen molar-refractivity contribution < 1.29 is 4.42 Å². The minimum atomic E-state index is 0.654. The van der Waals surface area contributed by atoms with Crippen molar-refractivity contribution >= 4 is 108 Å². The highest BCUT2D eigenvalue weighted by molar-refractivity contribution is 7.27. The van der Waals surface area contributed by atoms with Crippen molar-refractivity contribution in [1.29, 1.82) is 0 Å². The van der Waals surface area contributed by atoms with E-state index in [4.69, 9.17) is 14.4 Å². The summed E-state index contributed by atoms with van der Waals surface area (Å²) in [7, 11) is 0. The van der Waals surface area contributed by atoms with Gasteiger partial charge in [0.2, 0.25) is 5.95 Å². The highest BCUT2D eigenvalue weighted by Crippen LogP contribution is 2.48. The first-order chi connectivity index (χ1) is 25.3. The molecule has 0 aliphatic heterocycles. The first-order valence-corrected chi connectivity index (χ1v) is 18.0. The van der Waals surface area contributed by atoms with Crippen LogP contribution >= 0.6 is 11.3 Å². The molecule has 0 amide bonds. The molecular weight excluding hydrogens is 643 g/mol. The molecule has 5 heteroatoms. The summed E-state index contributed by atoms with van der Waals surface area (Å²) in [5.74, 6) is 0.654. The standard InChI is InChI=1S/C46H25N3OS/c1-2-12-28-26(11-1)21-23-34-42(27-22-24-38-35(25-27)29-13-6-9-19-37(29)50-38)47-46(48-43(28)34)49-36-18-8-5-16-32(36)40-41-33-17-7-10-20-39(33)51-45(41)31-15-4-3-14-30(31)44(40)49/h1-25H. The first kappa shape index (κ1) is 27.3. The van der Waals surface area contributed by atoms with E-state index < -0.39 is 0 Å². The monoisotopic (exact) mass is 667 g/mol. The van der Waals surface area contributed by atoms with Crippen LogP contribution in [0.1, 0.15) is 0 Å². The molecule has 0 saturated heterocycles. The summed E-state index contributed by atoms with van der Waals surface area (Å²) in [6, 6.07) is 53.9. The molecular formula is C46H25N3OS. The Balaban J connectivity index is 1.28. The number of hydrogen-bond donors (Lipinski definition) is 0. The Morgan fingerprint density at radius 3 is 2.10 bits per heavy atom. The summed E-state index contributed by atoms with van der Waals surface area (Å²) in [6.45, 7) is 0. The summed E-state index contributed by atoms with van der Waals surface area (Å²) < 4.78 is 11.2. The average Bonchev–Trinajstić information content (AvgIpc) is 3.87. The van der Waals surface area contributed by atoms with Gasteiger partial charge in [-0.15, -0.1) is 11.3 Å². The maximum Gasteiger partial charge on any atom is 0.235 e. The normalized spacial score (nSPS) is 12.3. The van der Waals surface area contributed by atoms with E-state index in [2.05, 4.69) is 144 Å². The van der Waals surface area contributed by atoms with Crippen molar-refractivity contribution in [3.05, 3.63) is 152 Å². The minimum absolute atomic E-state index is 0.654. The highest BCUT2D eigenvalue weighted by atomic mass is 32.1. The lowest BCUT2D eigenvalue weighted by Gasteiger charge is -2.14. The van der Waals surface area contributed by atoms with Gasteiger partial charge >= 0.3 is 0 Å². The molecule has 51 heavy (non-hydrogen) atoms. The molecule has 0 unspecified atom stereocenters. The molecule has 0 radical (unpaired) electrons. The predicted molar refractivity (Wildman–Crippen MR) is 214 cm³/mol. The van der Waals surface area contributed by atoms with E-state index in [9.17, 15) is 0 Å². The van der Waals surface area contributed by atoms with E-state index in [1.807, 2.05) is 23.5 Å². The number of furan rings is 1. The lowest BCUT2D eigenvalue weighted by molar-refractivity contribution is 0.669. The van der Waals surface area contributed by atoms with Crippen LogP contribution in [0.5, 0.6) is 0 Å². The third kappa shape index (κ3) is 3.68. The van der Waals surface area contributed by atoms with Crippen LogP contribution in [0.15, 0.2) is 156 Å². The molecule has 4 aromatic heterocycles. The van der Waals surface area contributed by atoms with Gasteiger partial charge in [0.25, 0.3) is 0 Å². The topological polar surface area (TPSA) is 43.9 Å². The molecule has 8 aromatic carbocycles. The largest absolute Gasteiger partial charge is 0.456 e. The zero-order valence-electron chi connectivity index (χ0n) is 27.1. The molecule has 4 heterocycles. The van der Waals surface area contributed by atoms with Gasteiger partial charge in [0.05, 0.1) is 22.2 Å². The Labute approximate surface area is 294 Å². The minimum Gasteiger partial charge on any atom is -0.456 e. The first-order valence-electron chi connectivity index (χ1n) is 17.2. The third-order valence-electron chi connectivity index (χ3n) is 10.6.